The number of nitro groups is 1. The molecule has 1 aromatic rings. The minimum Gasteiger partial charge on any atom is -0.309 e. The van der Waals surface area contributed by atoms with E-state index in [1.165, 1.54) is 0 Å². The van der Waals surface area contributed by atoms with Gasteiger partial charge in [0.15, 0.2) is 0 Å². The van der Waals surface area contributed by atoms with Gasteiger partial charge in [-0.3, -0.25) is 10.1 Å². The molecule has 0 aliphatic heterocycles. The Kier molecular flexibility index (Phi) is 3.91. The molecule has 0 aromatic heterocycles. The van der Waals surface area contributed by atoms with E-state index in [4.69, 9.17) is 0 Å². The van der Waals surface area contributed by atoms with Crippen molar-refractivity contribution >= 4 is 5.69 Å². The summed E-state index contributed by atoms with van der Waals surface area (Å²) in [6.45, 7) is 0.361. The van der Waals surface area contributed by atoms with E-state index in [0.29, 0.717) is 6.54 Å². The van der Waals surface area contributed by atoms with Gasteiger partial charge in [0.05, 0.1) is 11.5 Å². The number of nitrogens with zero attached hydrogens (tertiary/aromatic N) is 1. The van der Waals surface area contributed by atoms with E-state index in [0.717, 1.165) is 12.1 Å². The van der Waals surface area contributed by atoms with Crippen molar-refractivity contribution in [3.05, 3.63) is 39.4 Å². The van der Waals surface area contributed by atoms with E-state index in [9.17, 15) is 18.9 Å². The zero-order valence-corrected chi connectivity index (χ0v) is 8.38. The van der Waals surface area contributed by atoms with Crippen LogP contribution in [0, 0.1) is 33.6 Å². The van der Waals surface area contributed by atoms with Crippen LogP contribution in [-0.4, -0.2) is 18.5 Å². The molecule has 0 aliphatic carbocycles. The predicted molar refractivity (Wildman–Crippen MR) is 53.8 cm³/mol. The molecule has 0 aliphatic rings. The highest BCUT2D eigenvalue weighted by atomic mass is 19.1. The minimum atomic E-state index is -1.22. The van der Waals surface area contributed by atoms with Crippen molar-refractivity contribution in [1.82, 2.24) is 5.32 Å². The molecule has 0 spiro atoms. The van der Waals surface area contributed by atoms with E-state index in [1.54, 1.807) is 7.05 Å². The maximum absolute atomic E-state index is 13.1. The Hall–Kier alpha value is -2.00. The Labute approximate surface area is 90.4 Å². The van der Waals surface area contributed by atoms with E-state index in [-0.39, 0.29) is 5.56 Å². The van der Waals surface area contributed by atoms with Crippen LogP contribution in [0.2, 0.25) is 0 Å². The van der Waals surface area contributed by atoms with Crippen LogP contribution in [0.4, 0.5) is 14.5 Å². The molecule has 0 heterocycles. The van der Waals surface area contributed by atoms with Gasteiger partial charge in [0.2, 0.25) is 11.6 Å². The molecular weight excluding hydrogens is 218 g/mol. The summed E-state index contributed by atoms with van der Waals surface area (Å²) in [6, 6.07) is 1.67. The van der Waals surface area contributed by atoms with Crippen LogP contribution >= 0.6 is 0 Å². The van der Waals surface area contributed by atoms with Gasteiger partial charge in [-0.25, -0.2) is 0 Å². The van der Waals surface area contributed by atoms with Crippen molar-refractivity contribution in [3.63, 3.8) is 0 Å². The van der Waals surface area contributed by atoms with Crippen LogP contribution in [-0.2, 0) is 0 Å². The van der Waals surface area contributed by atoms with Crippen LogP contribution in [0.5, 0.6) is 0 Å². The monoisotopic (exact) mass is 226 g/mol. The van der Waals surface area contributed by atoms with Crippen LogP contribution in [0.25, 0.3) is 0 Å². The third-order valence-corrected chi connectivity index (χ3v) is 1.70. The quantitative estimate of drug-likeness (QED) is 0.471. The lowest BCUT2D eigenvalue weighted by Gasteiger charge is -1.96. The lowest BCUT2D eigenvalue weighted by Crippen LogP contribution is -2.04. The molecule has 16 heavy (non-hydrogen) atoms. The van der Waals surface area contributed by atoms with Gasteiger partial charge in [-0.15, -0.1) is 0 Å². The van der Waals surface area contributed by atoms with Gasteiger partial charge in [-0.1, -0.05) is 11.8 Å². The number of nitro benzene ring substituents is 1. The second-order valence-electron chi connectivity index (χ2n) is 2.88. The summed E-state index contributed by atoms with van der Waals surface area (Å²) < 4.78 is 26.2. The normalized spacial score (nSPS) is 9.44. The van der Waals surface area contributed by atoms with Crippen molar-refractivity contribution in [2.45, 2.75) is 0 Å². The summed E-state index contributed by atoms with van der Waals surface area (Å²) in [5, 5.41) is 13.0. The number of hydrogen-bond acceptors (Lipinski definition) is 3. The molecule has 84 valence electrons. The molecule has 0 saturated heterocycles. The Bertz CT molecular complexity index is 454. The Balaban J connectivity index is 3.11. The lowest BCUT2D eigenvalue weighted by molar-refractivity contribution is -0.390. The third kappa shape index (κ3) is 2.74. The summed E-state index contributed by atoms with van der Waals surface area (Å²) in [6.07, 6.45) is 0. The fraction of sp³-hybridized carbons (Fsp3) is 0.200. The molecule has 0 unspecified atom stereocenters. The second kappa shape index (κ2) is 5.19. The predicted octanol–water partition coefficient (Wildman–Crippen LogP) is 1.44. The second-order valence-corrected chi connectivity index (χ2v) is 2.88. The van der Waals surface area contributed by atoms with Gasteiger partial charge >= 0.3 is 5.69 Å². The third-order valence-electron chi connectivity index (χ3n) is 1.70. The van der Waals surface area contributed by atoms with Gasteiger partial charge in [-0.2, -0.15) is 8.78 Å². The van der Waals surface area contributed by atoms with Crippen molar-refractivity contribution in [1.29, 1.82) is 0 Å². The SMILES string of the molecule is CNCC#Cc1cc(F)c([N+](=O)[O-])c(F)c1. The summed E-state index contributed by atoms with van der Waals surface area (Å²) in [5.41, 5.74) is -1.09. The summed E-state index contributed by atoms with van der Waals surface area (Å²) in [5.74, 6) is 2.62. The topological polar surface area (TPSA) is 55.2 Å². The Morgan fingerprint density at radius 3 is 2.44 bits per heavy atom. The van der Waals surface area contributed by atoms with Gasteiger partial charge in [-0.05, 0) is 19.2 Å². The van der Waals surface area contributed by atoms with Crippen molar-refractivity contribution < 1.29 is 13.7 Å². The zero-order valence-electron chi connectivity index (χ0n) is 8.38. The summed E-state index contributed by atoms with van der Waals surface area (Å²) >= 11 is 0. The average molecular weight is 226 g/mol. The molecule has 0 fully saturated rings. The number of rotatable bonds is 2. The van der Waals surface area contributed by atoms with Crippen molar-refractivity contribution in [2.24, 2.45) is 0 Å². The van der Waals surface area contributed by atoms with Gasteiger partial charge in [0, 0.05) is 5.56 Å². The Morgan fingerprint density at radius 1 is 1.44 bits per heavy atom. The lowest BCUT2D eigenvalue weighted by atomic mass is 10.2. The molecule has 4 nitrogen and oxygen atoms in total. The molecule has 0 amide bonds. The molecule has 0 saturated carbocycles. The van der Waals surface area contributed by atoms with E-state index in [2.05, 4.69) is 17.2 Å². The van der Waals surface area contributed by atoms with Crippen LogP contribution < -0.4 is 5.32 Å². The first-order valence-corrected chi connectivity index (χ1v) is 4.33. The molecule has 0 bridgehead atoms. The zero-order chi connectivity index (χ0) is 12.1. The van der Waals surface area contributed by atoms with Gasteiger partial charge in [0.1, 0.15) is 0 Å². The number of halogens is 2. The highest BCUT2D eigenvalue weighted by Gasteiger charge is 2.21. The van der Waals surface area contributed by atoms with Crippen LogP contribution in [0.15, 0.2) is 12.1 Å². The summed E-state index contributed by atoms with van der Waals surface area (Å²) in [7, 11) is 1.67. The fourth-order valence-electron chi connectivity index (χ4n) is 1.05. The molecule has 1 N–H and O–H groups in total. The molecule has 0 atom stereocenters. The minimum absolute atomic E-state index is 0.0656. The molecular formula is C10H8F2N2O2. The molecule has 6 heteroatoms. The standard InChI is InChI=1S/C10H8F2N2O2/c1-13-4-2-3-7-5-8(11)10(14(15)16)9(12)6-7/h5-6,13H,4H2,1H3. The maximum atomic E-state index is 13.1. The number of hydrogen-bond donors (Lipinski definition) is 1. The van der Waals surface area contributed by atoms with Gasteiger partial charge in [0.25, 0.3) is 0 Å². The number of benzene rings is 1. The molecule has 0 radical (unpaired) electrons. The molecule has 1 rings (SSSR count). The van der Waals surface area contributed by atoms with Gasteiger partial charge < -0.3 is 5.32 Å². The first-order chi connectivity index (χ1) is 7.56. The summed E-state index contributed by atoms with van der Waals surface area (Å²) in [4.78, 5) is 9.19. The van der Waals surface area contributed by atoms with Crippen LogP contribution in [0.1, 0.15) is 5.56 Å². The Morgan fingerprint density at radius 2 is 2.00 bits per heavy atom. The van der Waals surface area contributed by atoms with E-state index >= 15 is 0 Å². The van der Waals surface area contributed by atoms with Crippen LogP contribution in [0.3, 0.4) is 0 Å². The van der Waals surface area contributed by atoms with Crippen molar-refractivity contribution in [2.75, 3.05) is 13.6 Å². The largest absolute Gasteiger partial charge is 0.340 e. The highest BCUT2D eigenvalue weighted by molar-refractivity contribution is 5.43. The maximum Gasteiger partial charge on any atom is 0.340 e. The first kappa shape index (κ1) is 12.1. The van der Waals surface area contributed by atoms with E-state index in [1.807, 2.05) is 0 Å². The average Bonchev–Trinajstić information content (AvgIpc) is 2.16. The highest BCUT2D eigenvalue weighted by Crippen LogP contribution is 2.22. The fourth-order valence-corrected chi connectivity index (χ4v) is 1.05. The first-order valence-electron chi connectivity index (χ1n) is 4.33. The van der Waals surface area contributed by atoms with E-state index < -0.39 is 22.2 Å². The molecule has 1 aromatic carbocycles. The smallest absolute Gasteiger partial charge is 0.309 e. The number of nitrogens with one attached hydrogen (secondary N) is 1. The van der Waals surface area contributed by atoms with Crippen molar-refractivity contribution in [3.8, 4) is 11.8 Å².